The number of aromatic amines is 1. The fraction of sp³-hybridized carbons (Fsp3) is 0.100. The Morgan fingerprint density at radius 2 is 1.84 bits per heavy atom. The smallest absolute Gasteiger partial charge is 0.471 e. The van der Waals surface area contributed by atoms with Crippen LogP contribution in [0.15, 0.2) is 58.3 Å². The minimum absolute atomic E-state index is 0.000787. The second-order valence-electron chi connectivity index (χ2n) is 6.44. The van der Waals surface area contributed by atoms with E-state index in [1.165, 1.54) is 53.1 Å². The van der Waals surface area contributed by atoms with Gasteiger partial charge in [0, 0.05) is 6.21 Å². The number of para-hydroxylation sites is 2. The van der Waals surface area contributed by atoms with Crippen LogP contribution in [0.1, 0.15) is 11.1 Å². The Balaban J connectivity index is 1.96. The van der Waals surface area contributed by atoms with Gasteiger partial charge in [-0.2, -0.15) is 13.2 Å². The molecule has 0 aliphatic carbocycles. The lowest BCUT2D eigenvalue weighted by atomic mass is 10.2. The van der Waals surface area contributed by atoms with Crippen LogP contribution in [-0.2, 0) is 11.3 Å². The van der Waals surface area contributed by atoms with Crippen LogP contribution in [0.5, 0.6) is 5.88 Å². The van der Waals surface area contributed by atoms with E-state index in [0.717, 1.165) is 6.21 Å². The molecule has 2 aromatic carbocycles. The standard InChI is InChI=1S/C20H14F4N4O3S/c21-12-7-5-11(6-8-12)10-28-17(30)13(16(29)27-19(28)32)9-25-14-3-1-2-4-15(14)26-18(31)20(22,23)24/h1-9,30H,10H2,(H,26,31)(H,27,29,32). The molecule has 166 valence electrons. The highest BCUT2D eigenvalue weighted by Gasteiger charge is 2.38. The molecule has 7 nitrogen and oxygen atoms in total. The molecule has 0 saturated carbocycles. The zero-order valence-corrected chi connectivity index (χ0v) is 16.8. The number of anilines is 1. The van der Waals surface area contributed by atoms with E-state index in [2.05, 4.69) is 9.98 Å². The van der Waals surface area contributed by atoms with Crippen molar-refractivity contribution in [1.82, 2.24) is 9.55 Å². The number of benzene rings is 2. The minimum atomic E-state index is -5.10. The fourth-order valence-electron chi connectivity index (χ4n) is 2.63. The van der Waals surface area contributed by atoms with E-state index in [9.17, 15) is 32.3 Å². The lowest BCUT2D eigenvalue weighted by Crippen LogP contribution is -2.29. The van der Waals surface area contributed by atoms with Gasteiger partial charge in [0.15, 0.2) is 4.77 Å². The number of aromatic hydroxyl groups is 1. The van der Waals surface area contributed by atoms with Crippen molar-refractivity contribution in [3.63, 3.8) is 0 Å². The maximum atomic E-state index is 13.1. The van der Waals surface area contributed by atoms with Gasteiger partial charge < -0.3 is 10.4 Å². The quantitative estimate of drug-likeness (QED) is 0.300. The SMILES string of the molecule is O=C(Nc1ccccc1N=Cc1c(O)n(Cc2ccc(F)cc2)c(=S)[nH]c1=O)C(F)(F)F. The van der Waals surface area contributed by atoms with Crippen LogP contribution in [0, 0.1) is 10.6 Å². The number of H-pyrrole nitrogens is 1. The third-order valence-electron chi connectivity index (χ3n) is 4.20. The molecule has 3 N–H and O–H groups in total. The highest BCUT2D eigenvalue weighted by atomic mass is 32.1. The topological polar surface area (TPSA) is 99.5 Å². The lowest BCUT2D eigenvalue weighted by Gasteiger charge is -2.12. The van der Waals surface area contributed by atoms with Gasteiger partial charge in [0.2, 0.25) is 5.88 Å². The van der Waals surface area contributed by atoms with E-state index >= 15 is 0 Å². The van der Waals surface area contributed by atoms with E-state index in [1.807, 2.05) is 0 Å². The molecule has 0 bridgehead atoms. The Labute approximate surface area is 182 Å². The Bertz CT molecular complexity index is 1300. The molecule has 0 radical (unpaired) electrons. The van der Waals surface area contributed by atoms with Crippen molar-refractivity contribution in [1.29, 1.82) is 0 Å². The number of aliphatic imine (C=N–C) groups is 1. The van der Waals surface area contributed by atoms with Crippen molar-refractivity contribution in [3.05, 3.63) is 80.6 Å². The molecule has 0 fully saturated rings. The predicted molar refractivity (Wildman–Crippen MR) is 111 cm³/mol. The fourth-order valence-corrected chi connectivity index (χ4v) is 2.87. The van der Waals surface area contributed by atoms with Crippen LogP contribution in [0.2, 0.25) is 0 Å². The Kier molecular flexibility index (Phi) is 6.53. The molecular formula is C20H14F4N4O3S. The number of hydrogen-bond donors (Lipinski definition) is 3. The molecule has 3 rings (SSSR count). The van der Waals surface area contributed by atoms with Crippen LogP contribution in [-0.4, -0.2) is 33.0 Å². The predicted octanol–water partition coefficient (Wildman–Crippen LogP) is 4.05. The number of hydrogen-bond acceptors (Lipinski definition) is 5. The van der Waals surface area contributed by atoms with Gasteiger partial charge in [-0.05, 0) is 42.0 Å². The number of amides is 1. The summed E-state index contributed by atoms with van der Waals surface area (Å²) in [6.07, 6.45) is -4.17. The molecule has 1 heterocycles. The first-order valence-electron chi connectivity index (χ1n) is 8.88. The zero-order valence-electron chi connectivity index (χ0n) is 16.0. The van der Waals surface area contributed by atoms with Gasteiger partial charge in [-0.1, -0.05) is 24.3 Å². The Morgan fingerprint density at radius 1 is 1.19 bits per heavy atom. The number of carbonyl (C=O) groups is 1. The number of carbonyl (C=O) groups excluding carboxylic acids is 1. The summed E-state index contributed by atoms with van der Waals surface area (Å²) in [6.45, 7) is 0.000787. The molecule has 12 heteroatoms. The van der Waals surface area contributed by atoms with Crippen molar-refractivity contribution in [2.75, 3.05) is 5.32 Å². The molecule has 0 spiro atoms. The van der Waals surface area contributed by atoms with Crippen LogP contribution in [0.3, 0.4) is 0 Å². The van der Waals surface area contributed by atoms with Crippen molar-refractivity contribution >= 4 is 35.7 Å². The number of alkyl halides is 3. The highest BCUT2D eigenvalue weighted by molar-refractivity contribution is 7.71. The number of nitrogens with zero attached hydrogens (tertiary/aromatic N) is 2. The second kappa shape index (κ2) is 9.14. The van der Waals surface area contributed by atoms with Crippen LogP contribution in [0.25, 0.3) is 0 Å². The molecule has 0 saturated heterocycles. The van der Waals surface area contributed by atoms with Gasteiger partial charge in [0.05, 0.1) is 17.9 Å². The van der Waals surface area contributed by atoms with Crippen molar-refractivity contribution in [3.8, 4) is 5.88 Å². The third kappa shape index (κ3) is 5.27. The zero-order chi connectivity index (χ0) is 23.5. The number of rotatable bonds is 5. The Hall–Kier alpha value is -3.80. The van der Waals surface area contributed by atoms with Crippen molar-refractivity contribution in [2.24, 2.45) is 4.99 Å². The summed E-state index contributed by atoms with van der Waals surface area (Å²) in [5.41, 5.74) is -0.869. The third-order valence-corrected chi connectivity index (χ3v) is 4.53. The van der Waals surface area contributed by atoms with Crippen LogP contribution >= 0.6 is 12.2 Å². The summed E-state index contributed by atoms with van der Waals surface area (Å²) in [4.78, 5) is 29.8. The summed E-state index contributed by atoms with van der Waals surface area (Å²) in [6, 6.07) is 10.7. The first-order valence-corrected chi connectivity index (χ1v) is 9.29. The molecule has 32 heavy (non-hydrogen) atoms. The number of halogens is 4. The molecule has 1 aromatic heterocycles. The summed E-state index contributed by atoms with van der Waals surface area (Å²) < 4.78 is 51.8. The molecule has 0 aliphatic heterocycles. The molecule has 1 amide bonds. The molecular weight excluding hydrogens is 452 g/mol. The van der Waals surface area contributed by atoms with E-state index < -0.39 is 29.3 Å². The summed E-state index contributed by atoms with van der Waals surface area (Å²) in [5.74, 6) is -3.19. The van der Waals surface area contributed by atoms with Crippen molar-refractivity contribution in [2.45, 2.75) is 12.7 Å². The van der Waals surface area contributed by atoms with Crippen molar-refractivity contribution < 1.29 is 27.5 Å². The first kappa shape index (κ1) is 22.9. The number of nitrogens with one attached hydrogen (secondary N) is 2. The van der Waals surface area contributed by atoms with E-state index in [0.29, 0.717) is 5.56 Å². The highest BCUT2D eigenvalue weighted by Crippen LogP contribution is 2.27. The monoisotopic (exact) mass is 466 g/mol. The van der Waals surface area contributed by atoms with E-state index in [-0.39, 0.29) is 28.3 Å². The number of aromatic nitrogens is 2. The normalized spacial score (nSPS) is 11.6. The maximum Gasteiger partial charge on any atom is 0.471 e. The maximum absolute atomic E-state index is 13.1. The van der Waals surface area contributed by atoms with E-state index in [4.69, 9.17) is 12.2 Å². The van der Waals surface area contributed by atoms with E-state index in [1.54, 1.807) is 5.32 Å². The van der Waals surface area contributed by atoms with Gasteiger partial charge in [-0.3, -0.25) is 24.1 Å². The minimum Gasteiger partial charge on any atom is -0.494 e. The van der Waals surface area contributed by atoms with Gasteiger partial charge in [-0.15, -0.1) is 0 Å². The van der Waals surface area contributed by atoms with Gasteiger partial charge in [0.1, 0.15) is 11.4 Å². The summed E-state index contributed by atoms with van der Waals surface area (Å²) in [5, 5.41) is 12.3. The second-order valence-corrected chi connectivity index (χ2v) is 6.82. The largest absolute Gasteiger partial charge is 0.494 e. The molecule has 3 aromatic rings. The summed E-state index contributed by atoms with van der Waals surface area (Å²) in [7, 11) is 0. The molecule has 0 atom stereocenters. The summed E-state index contributed by atoms with van der Waals surface area (Å²) >= 11 is 5.07. The van der Waals surface area contributed by atoms with Crippen LogP contribution in [0.4, 0.5) is 28.9 Å². The Morgan fingerprint density at radius 3 is 2.50 bits per heavy atom. The van der Waals surface area contributed by atoms with Gasteiger partial charge >= 0.3 is 12.1 Å². The average Bonchev–Trinajstić information content (AvgIpc) is 2.72. The van der Waals surface area contributed by atoms with Gasteiger partial charge in [0.25, 0.3) is 5.56 Å². The lowest BCUT2D eigenvalue weighted by molar-refractivity contribution is -0.167. The first-order chi connectivity index (χ1) is 15.1. The van der Waals surface area contributed by atoms with Crippen LogP contribution < -0.4 is 10.9 Å². The van der Waals surface area contributed by atoms with Gasteiger partial charge in [-0.25, -0.2) is 4.39 Å². The average molecular weight is 466 g/mol. The molecule has 0 aliphatic rings. The molecule has 0 unspecified atom stereocenters.